The van der Waals surface area contributed by atoms with Crippen LogP contribution in [0.3, 0.4) is 0 Å². The molecule has 1 aliphatic rings. The largest absolute Gasteiger partial charge is 0.497 e. The standard InChI is InChI=1S/C25H29N5O3/c1-28(2)25-26-15-21(17-5-8-20(33-4)9-6-17)23(27-25)18-11-13-30(14-12-18)24(32)19-7-10-22(31)29(3)16-19/h5-10,15-16,18H,11-14H2,1-4H3. The molecule has 1 amide bonds. The third-order valence-corrected chi connectivity index (χ3v) is 6.11. The number of pyridine rings is 1. The van der Waals surface area contributed by atoms with Gasteiger partial charge in [0.1, 0.15) is 5.75 Å². The maximum Gasteiger partial charge on any atom is 0.255 e. The van der Waals surface area contributed by atoms with Crippen molar-refractivity contribution in [2.45, 2.75) is 18.8 Å². The molecule has 172 valence electrons. The Morgan fingerprint density at radius 3 is 2.39 bits per heavy atom. The second-order valence-corrected chi connectivity index (χ2v) is 8.53. The number of hydrogen-bond acceptors (Lipinski definition) is 6. The van der Waals surface area contributed by atoms with Gasteiger partial charge >= 0.3 is 0 Å². The number of benzene rings is 1. The summed E-state index contributed by atoms with van der Waals surface area (Å²) in [5.74, 6) is 1.64. The lowest BCUT2D eigenvalue weighted by molar-refractivity contribution is 0.0711. The average Bonchev–Trinajstić information content (AvgIpc) is 2.85. The first kappa shape index (κ1) is 22.5. The summed E-state index contributed by atoms with van der Waals surface area (Å²) >= 11 is 0. The number of nitrogens with zero attached hydrogens (tertiary/aromatic N) is 5. The molecule has 3 aromatic rings. The van der Waals surface area contributed by atoms with Crippen LogP contribution in [-0.4, -0.2) is 59.6 Å². The van der Waals surface area contributed by atoms with Crippen molar-refractivity contribution < 1.29 is 9.53 Å². The molecular weight excluding hydrogens is 418 g/mol. The molecule has 0 saturated carbocycles. The molecule has 1 aromatic carbocycles. The number of carbonyl (C=O) groups is 1. The number of amides is 1. The van der Waals surface area contributed by atoms with E-state index in [2.05, 4.69) is 4.98 Å². The van der Waals surface area contributed by atoms with Crippen LogP contribution in [0.15, 0.2) is 53.6 Å². The molecule has 0 unspecified atom stereocenters. The summed E-state index contributed by atoms with van der Waals surface area (Å²) in [6.07, 6.45) is 5.11. The third-order valence-electron chi connectivity index (χ3n) is 6.11. The molecule has 8 heteroatoms. The van der Waals surface area contributed by atoms with Crippen molar-refractivity contribution in [2.24, 2.45) is 7.05 Å². The summed E-state index contributed by atoms with van der Waals surface area (Å²) in [5, 5.41) is 0. The van der Waals surface area contributed by atoms with Crippen molar-refractivity contribution in [1.82, 2.24) is 19.4 Å². The lowest BCUT2D eigenvalue weighted by atomic mass is 9.88. The van der Waals surface area contributed by atoms with Gasteiger partial charge in [-0.3, -0.25) is 9.59 Å². The van der Waals surface area contributed by atoms with Gasteiger partial charge in [0.25, 0.3) is 5.91 Å². The highest BCUT2D eigenvalue weighted by Crippen LogP contribution is 2.35. The zero-order chi connectivity index (χ0) is 23.5. The zero-order valence-corrected chi connectivity index (χ0v) is 19.5. The fraction of sp³-hybridized carbons (Fsp3) is 0.360. The Labute approximate surface area is 193 Å². The minimum Gasteiger partial charge on any atom is -0.497 e. The molecule has 1 aliphatic heterocycles. The molecule has 1 fully saturated rings. The molecule has 3 heterocycles. The van der Waals surface area contributed by atoms with E-state index in [0.29, 0.717) is 24.6 Å². The van der Waals surface area contributed by atoms with E-state index in [9.17, 15) is 9.59 Å². The number of methoxy groups -OCH3 is 1. The van der Waals surface area contributed by atoms with E-state index in [1.165, 1.54) is 10.6 Å². The average molecular weight is 448 g/mol. The summed E-state index contributed by atoms with van der Waals surface area (Å²) < 4.78 is 6.73. The van der Waals surface area contributed by atoms with Gasteiger partial charge < -0.3 is 19.1 Å². The predicted octanol–water partition coefficient (Wildman–Crippen LogP) is 2.94. The van der Waals surface area contributed by atoms with E-state index in [1.807, 2.05) is 54.4 Å². The number of piperidine rings is 1. The molecule has 33 heavy (non-hydrogen) atoms. The van der Waals surface area contributed by atoms with Crippen molar-refractivity contribution in [3.05, 3.63) is 70.4 Å². The van der Waals surface area contributed by atoms with E-state index in [1.54, 1.807) is 26.4 Å². The quantitative estimate of drug-likeness (QED) is 0.598. The molecular formula is C25H29N5O3. The molecule has 2 aromatic heterocycles. The van der Waals surface area contributed by atoms with E-state index in [0.717, 1.165) is 35.4 Å². The van der Waals surface area contributed by atoms with Crippen molar-refractivity contribution in [2.75, 3.05) is 39.2 Å². The van der Waals surface area contributed by atoms with Crippen LogP contribution >= 0.6 is 0 Å². The van der Waals surface area contributed by atoms with Gasteiger partial charge in [-0.05, 0) is 36.6 Å². The van der Waals surface area contributed by atoms with Crippen molar-refractivity contribution in [3.63, 3.8) is 0 Å². The number of aromatic nitrogens is 3. The molecule has 0 bridgehead atoms. The van der Waals surface area contributed by atoms with E-state index < -0.39 is 0 Å². The first-order valence-electron chi connectivity index (χ1n) is 11.0. The number of ether oxygens (including phenoxy) is 1. The summed E-state index contributed by atoms with van der Waals surface area (Å²) in [6.45, 7) is 1.27. The fourth-order valence-electron chi connectivity index (χ4n) is 4.16. The summed E-state index contributed by atoms with van der Waals surface area (Å²) in [5.41, 5.74) is 3.46. The third kappa shape index (κ3) is 4.74. The molecule has 0 atom stereocenters. The van der Waals surface area contributed by atoms with Crippen LogP contribution in [0.2, 0.25) is 0 Å². The molecule has 0 N–H and O–H groups in total. The predicted molar refractivity (Wildman–Crippen MR) is 128 cm³/mol. The molecule has 0 spiro atoms. The van der Waals surface area contributed by atoms with Crippen LogP contribution in [0.25, 0.3) is 11.1 Å². The van der Waals surface area contributed by atoms with Crippen molar-refractivity contribution >= 4 is 11.9 Å². The van der Waals surface area contributed by atoms with Crippen LogP contribution in [0.4, 0.5) is 5.95 Å². The summed E-state index contributed by atoms with van der Waals surface area (Å²) in [6, 6.07) is 11.0. The Bertz CT molecular complexity index is 1200. The SMILES string of the molecule is COc1ccc(-c2cnc(N(C)C)nc2C2CCN(C(=O)c3ccc(=O)n(C)c3)CC2)cc1. The number of aryl methyl sites for hydroxylation is 1. The van der Waals surface area contributed by atoms with Gasteiger partial charge in [0.15, 0.2) is 0 Å². The van der Waals surface area contributed by atoms with Gasteiger partial charge in [0, 0.05) is 64.2 Å². The Morgan fingerprint density at radius 1 is 1.09 bits per heavy atom. The fourth-order valence-corrected chi connectivity index (χ4v) is 4.16. The first-order chi connectivity index (χ1) is 15.9. The molecule has 4 rings (SSSR count). The van der Waals surface area contributed by atoms with Crippen molar-refractivity contribution in [1.29, 1.82) is 0 Å². The lowest BCUT2D eigenvalue weighted by Gasteiger charge is -2.33. The Hall–Kier alpha value is -3.68. The van der Waals surface area contributed by atoms with Crippen LogP contribution < -0.4 is 15.2 Å². The van der Waals surface area contributed by atoms with Gasteiger partial charge in [-0.15, -0.1) is 0 Å². The van der Waals surface area contributed by atoms with Crippen LogP contribution in [0.5, 0.6) is 5.75 Å². The maximum atomic E-state index is 13.0. The Kier molecular flexibility index (Phi) is 6.44. The topological polar surface area (TPSA) is 80.6 Å². The summed E-state index contributed by atoms with van der Waals surface area (Å²) in [4.78, 5) is 37.8. The number of anilines is 1. The Morgan fingerprint density at radius 2 is 1.79 bits per heavy atom. The summed E-state index contributed by atoms with van der Waals surface area (Å²) in [7, 11) is 7.17. The van der Waals surface area contributed by atoms with Crippen molar-refractivity contribution in [3.8, 4) is 16.9 Å². The minimum atomic E-state index is -0.128. The number of rotatable bonds is 5. The number of hydrogen-bond donors (Lipinski definition) is 0. The van der Waals surface area contributed by atoms with Gasteiger partial charge in [0.2, 0.25) is 11.5 Å². The highest BCUT2D eigenvalue weighted by Gasteiger charge is 2.28. The Balaban J connectivity index is 1.57. The molecule has 0 radical (unpaired) electrons. The minimum absolute atomic E-state index is 0.0453. The number of likely N-dealkylation sites (tertiary alicyclic amines) is 1. The van der Waals surface area contributed by atoms with Crippen LogP contribution in [0.1, 0.15) is 34.8 Å². The monoisotopic (exact) mass is 447 g/mol. The van der Waals surface area contributed by atoms with Gasteiger partial charge in [-0.2, -0.15) is 0 Å². The van der Waals surface area contributed by atoms with Gasteiger partial charge in [-0.25, -0.2) is 9.97 Å². The van der Waals surface area contributed by atoms with E-state index >= 15 is 0 Å². The van der Waals surface area contributed by atoms with Crippen LogP contribution in [0, 0.1) is 0 Å². The highest BCUT2D eigenvalue weighted by molar-refractivity contribution is 5.94. The smallest absolute Gasteiger partial charge is 0.255 e. The maximum absolute atomic E-state index is 13.0. The first-order valence-corrected chi connectivity index (χ1v) is 11.0. The number of carbonyl (C=O) groups excluding carboxylic acids is 1. The lowest BCUT2D eigenvalue weighted by Crippen LogP contribution is -2.38. The molecule has 0 aliphatic carbocycles. The normalized spacial score (nSPS) is 14.2. The zero-order valence-electron chi connectivity index (χ0n) is 19.5. The van der Waals surface area contributed by atoms with Gasteiger partial charge in [-0.1, -0.05) is 12.1 Å². The van der Waals surface area contributed by atoms with Gasteiger partial charge in [0.05, 0.1) is 18.4 Å². The highest BCUT2D eigenvalue weighted by atomic mass is 16.5. The van der Waals surface area contributed by atoms with Crippen LogP contribution in [-0.2, 0) is 7.05 Å². The molecule has 1 saturated heterocycles. The molecule has 8 nitrogen and oxygen atoms in total. The second-order valence-electron chi connectivity index (χ2n) is 8.53. The van der Waals surface area contributed by atoms with E-state index in [-0.39, 0.29) is 17.4 Å². The van der Waals surface area contributed by atoms with E-state index in [4.69, 9.17) is 9.72 Å². The second kappa shape index (κ2) is 9.44.